The number of carbonyl (C=O) groups excluding carboxylic acids is 1. The van der Waals surface area contributed by atoms with E-state index in [4.69, 9.17) is 4.98 Å². The summed E-state index contributed by atoms with van der Waals surface area (Å²) in [5.74, 6) is 0.963. The van der Waals surface area contributed by atoms with E-state index >= 15 is 0 Å². The number of aromatic nitrogens is 2. The summed E-state index contributed by atoms with van der Waals surface area (Å²) in [5, 5.41) is 0. The summed E-state index contributed by atoms with van der Waals surface area (Å²) in [5.41, 5.74) is 3.72. The summed E-state index contributed by atoms with van der Waals surface area (Å²) in [6.45, 7) is 3.07. The number of carbonyl (C=O) groups is 1. The van der Waals surface area contributed by atoms with Gasteiger partial charge in [-0.15, -0.1) is 0 Å². The van der Waals surface area contributed by atoms with E-state index in [1.54, 1.807) is 0 Å². The van der Waals surface area contributed by atoms with Crippen LogP contribution in [0.2, 0.25) is 0 Å². The number of aldehydes is 1. The Kier molecular flexibility index (Phi) is 3.33. The summed E-state index contributed by atoms with van der Waals surface area (Å²) >= 11 is 0. The molecule has 3 heteroatoms. The first-order valence-electron chi connectivity index (χ1n) is 6.84. The minimum absolute atomic E-state index is 0.665. The third-order valence-corrected chi connectivity index (χ3v) is 3.39. The number of imidazole rings is 1. The number of fused-ring (bicyclic) bond motifs is 1. The van der Waals surface area contributed by atoms with Crippen LogP contribution in [0, 0.1) is 0 Å². The zero-order valence-electron chi connectivity index (χ0n) is 11.4. The zero-order chi connectivity index (χ0) is 13.9. The molecule has 1 aromatic heterocycles. The van der Waals surface area contributed by atoms with Crippen molar-refractivity contribution >= 4 is 17.3 Å². The summed E-state index contributed by atoms with van der Waals surface area (Å²) < 4.78 is 2.22. The van der Waals surface area contributed by atoms with Gasteiger partial charge in [-0.05, 0) is 24.6 Å². The van der Waals surface area contributed by atoms with Crippen LogP contribution in [0.4, 0.5) is 0 Å². The van der Waals surface area contributed by atoms with Gasteiger partial charge in [0.2, 0.25) is 0 Å². The van der Waals surface area contributed by atoms with Crippen LogP contribution in [0.1, 0.15) is 23.7 Å². The Morgan fingerprint density at radius 1 is 1.15 bits per heavy atom. The van der Waals surface area contributed by atoms with Crippen LogP contribution in [0.15, 0.2) is 48.5 Å². The fourth-order valence-corrected chi connectivity index (χ4v) is 2.48. The predicted molar refractivity (Wildman–Crippen MR) is 80.8 cm³/mol. The molecule has 0 aliphatic heterocycles. The molecule has 0 radical (unpaired) electrons. The van der Waals surface area contributed by atoms with Gasteiger partial charge < -0.3 is 4.57 Å². The number of nitrogens with zero attached hydrogens (tertiary/aromatic N) is 2. The summed E-state index contributed by atoms with van der Waals surface area (Å²) in [4.78, 5) is 15.6. The lowest BCUT2D eigenvalue weighted by molar-refractivity contribution is 0.112. The van der Waals surface area contributed by atoms with Gasteiger partial charge in [0.25, 0.3) is 0 Å². The molecule has 3 aromatic rings. The molecule has 1 heterocycles. The van der Waals surface area contributed by atoms with Gasteiger partial charge in [-0.1, -0.05) is 37.3 Å². The van der Waals surface area contributed by atoms with E-state index in [1.807, 2.05) is 36.4 Å². The van der Waals surface area contributed by atoms with Crippen molar-refractivity contribution in [3.8, 4) is 11.4 Å². The smallest absolute Gasteiger partial charge is 0.150 e. The first-order valence-corrected chi connectivity index (χ1v) is 6.84. The van der Waals surface area contributed by atoms with E-state index in [2.05, 4.69) is 23.6 Å². The lowest BCUT2D eigenvalue weighted by Crippen LogP contribution is -1.99. The van der Waals surface area contributed by atoms with E-state index in [0.29, 0.717) is 5.56 Å². The van der Waals surface area contributed by atoms with Crippen LogP contribution >= 0.6 is 0 Å². The van der Waals surface area contributed by atoms with Crippen LogP contribution in [-0.4, -0.2) is 15.8 Å². The highest BCUT2D eigenvalue weighted by molar-refractivity contribution is 5.87. The molecule has 0 aliphatic carbocycles. The minimum Gasteiger partial charge on any atom is -0.324 e. The molecular formula is C17H16N2O. The van der Waals surface area contributed by atoms with Gasteiger partial charge in [0, 0.05) is 17.7 Å². The molecule has 0 N–H and O–H groups in total. The van der Waals surface area contributed by atoms with Crippen molar-refractivity contribution in [1.82, 2.24) is 9.55 Å². The fraction of sp³-hybridized carbons (Fsp3) is 0.176. The number of rotatable bonds is 4. The molecule has 0 saturated heterocycles. The second-order valence-electron chi connectivity index (χ2n) is 4.82. The molecular weight excluding hydrogens is 248 g/mol. The topological polar surface area (TPSA) is 34.9 Å². The van der Waals surface area contributed by atoms with Crippen molar-refractivity contribution in [3.05, 3.63) is 54.1 Å². The van der Waals surface area contributed by atoms with Crippen molar-refractivity contribution in [2.45, 2.75) is 19.9 Å². The molecule has 2 aromatic carbocycles. The average molecular weight is 264 g/mol. The van der Waals surface area contributed by atoms with Crippen LogP contribution in [-0.2, 0) is 6.54 Å². The van der Waals surface area contributed by atoms with Gasteiger partial charge in [-0.25, -0.2) is 4.98 Å². The molecule has 0 bridgehead atoms. The van der Waals surface area contributed by atoms with E-state index in [9.17, 15) is 4.79 Å². The fourth-order valence-electron chi connectivity index (χ4n) is 2.48. The normalized spacial score (nSPS) is 10.8. The third-order valence-electron chi connectivity index (χ3n) is 3.39. The Bertz CT molecular complexity index is 744. The highest BCUT2D eigenvalue weighted by Gasteiger charge is 2.12. The van der Waals surface area contributed by atoms with Crippen molar-refractivity contribution in [2.24, 2.45) is 0 Å². The van der Waals surface area contributed by atoms with E-state index in [0.717, 1.165) is 41.7 Å². The van der Waals surface area contributed by atoms with Gasteiger partial charge in [-0.3, -0.25) is 4.79 Å². The molecule has 0 atom stereocenters. The molecule has 0 saturated carbocycles. The number of aryl methyl sites for hydroxylation is 1. The van der Waals surface area contributed by atoms with Gasteiger partial charge in [0.15, 0.2) is 0 Å². The standard InChI is InChI=1S/C17H16N2O/c1-2-10-19-16-9-8-13(12-20)11-15(16)18-17(19)14-6-4-3-5-7-14/h3-9,11-12H,2,10H2,1H3. The van der Waals surface area contributed by atoms with E-state index in [1.165, 1.54) is 0 Å². The zero-order valence-corrected chi connectivity index (χ0v) is 11.4. The Labute approximate surface area is 117 Å². The summed E-state index contributed by atoms with van der Waals surface area (Å²) in [7, 11) is 0. The molecule has 0 fully saturated rings. The Hall–Kier alpha value is -2.42. The lowest BCUT2D eigenvalue weighted by atomic mass is 10.2. The molecule has 3 rings (SSSR count). The molecule has 3 nitrogen and oxygen atoms in total. The SMILES string of the molecule is CCCn1c(-c2ccccc2)nc2cc(C=O)ccc21. The summed E-state index contributed by atoms with van der Waals surface area (Å²) in [6.07, 6.45) is 1.90. The molecule has 0 unspecified atom stereocenters. The first kappa shape index (κ1) is 12.6. The second kappa shape index (κ2) is 5.29. The molecule has 0 amide bonds. The second-order valence-corrected chi connectivity index (χ2v) is 4.82. The Balaban J connectivity index is 2.25. The maximum atomic E-state index is 10.9. The largest absolute Gasteiger partial charge is 0.324 e. The number of hydrogen-bond acceptors (Lipinski definition) is 2. The van der Waals surface area contributed by atoms with Gasteiger partial charge in [0.05, 0.1) is 11.0 Å². The summed E-state index contributed by atoms with van der Waals surface area (Å²) in [6, 6.07) is 15.8. The monoisotopic (exact) mass is 264 g/mol. The first-order chi connectivity index (χ1) is 9.83. The highest BCUT2D eigenvalue weighted by atomic mass is 16.1. The van der Waals surface area contributed by atoms with Crippen molar-refractivity contribution < 1.29 is 4.79 Å². The Morgan fingerprint density at radius 2 is 1.95 bits per heavy atom. The van der Waals surface area contributed by atoms with Crippen LogP contribution in [0.5, 0.6) is 0 Å². The van der Waals surface area contributed by atoms with E-state index in [-0.39, 0.29) is 0 Å². The quantitative estimate of drug-likeness (QED) is 0.669. The van der Waals surface area contributed by atoms with E-state index < -0.39 is 0 Å². The van der Waals surface area contributed by atoms with Crippen molar-refractivity contribution in [3.63, 3.8) is 0 Å². The third kappa shape index (κ3) is 2.11. The van der Waals surface area contributed by atoms with Gasteiger partial charge in [0.1, 0.15) is 12.1 Å². The average Bonchev–Trinajstić information content (AvgIpc) is 2.86. The maximum absolute atomic E-state index is 10.9. The number of benzene rings is 2. The molecule has 100 valence electrons. The maximum Gasteiger partial charge on any atom is 0.150 e. The van der Waals surface area contributed by atoms with Gasteiger partial charge >= 0.3 is 0 Å². The Morgan fingerprint density at radius 3 is 2.65 bits per heavy atom. The highest BCUT2D eigenvalue weighted by Crippen LogP contribution is 2.25. The van der Waals surface area contributed by atoms with Crippen LogP contribution in [0.25, 0.3) is 22.4 Å². The van der Waals surface area contributed by atoms with Crippen molar-refractivity contribution in [1.29, 1.82) is 0 Å². The lowest BCUT2D eigenvalue weighted by Gasteiger charge is -2.07. The van der Waals surface area contributed by atoms with Crippen LogP contribution < -0.4 is 0 Å². The molecule has 20 heavy (non-hydrogen) atoms. The molecule has 0 spiro atoms. The van der Waals surface area contributed by atoms with Crippen molar-refractivity contribution in [2.75, 3.05) is 0 Å². The van der Waals surface area contributed by atoms with Gasteiger partial charge in [-0.2, -0.15) is 0 Å². The molecule has 0 aliphatic rings. The number of hydrogen-bond donors (Lipinski definition) is 0. The minimum atomic E-state index is 0.665. The van der Waals surface area contributed by atoms with Crippen LogP contribution in [0.3, 0.4) is 0 Å². The predicted octanol–water partition coefficient (Wildman–Crippen LogP) is 3.93.